The molecule has 8 nitrogen and oxygen atoms in total. The van der Waals surface area contributed by atoms with Crippen LogP contribution in [0.15, 0.2) is 40.8 Å². The molecule has 1 aliphatic carbocycles. The molecule has 172 valence electrons. The lowest BCUT2D eigenvalue weighted by Crippen LogP contribution is -2.54. The number of ether oxygens (including phenoxy) is 1. The van der Waals surface area contributed by atoms with Crippen molar-refractivity contribution in [1.82, 2.24) is 20.0 Å². The number of nitrogens with zero attached hydrogens (tertiary/aromatic N) is 3. The van der Waals surface area contributed by atoms with Crippen LogP contribution in [0.1, 0.15) is 31.4 Å². The van der Waals surface area contributed by atoms with Gasteiger partial charge in [0, 0.05) is 50.9 Å². The minimum absolute atomic E-state index is 0.219. The van der Waals surface area contributed by atoms with Crippen molar-refractivity contribution in [3.05, 3.63) is 46.3 Å². The molecule has 2 aliphatic heterocycles. The van der Waals surface area contributed by atoms with Crippen molar-refractivity contribution >= 4 is 29.2 Å². The van der Waals surface area contributed by atoms with E-state index in [0.717, 1.165) is 18.4 Å². The maximum absolute atomic E-state index is 13.1. The zero-order chi connectivity index (χ0) is 22.7. The third-order valence-electron chi connectivity index (χ3n) is 6.11. The van der Waals surface area contributed by atoms with Gasteiger partial charge in [-0.3, -0.25) is 14.6 Å². The van der Waals surface area contributed by atoms with Crippen LogP contribution >= 0.6 is 11.3 Å². The molecular weight excluding hydrogens is 428 g/mol. The molecule has 2 fully saturated rings. The van der Waals surface area contributed by atoms with Crippen LogP contribution in [-0.2, 0) is 14.3 Å². The number of amides is 3. The van der Waals surface area contributed by atoms with E-state index in [4.69, 9.17) is 4.74 Å². The summed E-state index contributed by atoms with van der Waals surface area (Å²) >= 11 is 1.52. The third-order valence-corrected chi connectivity index (χ3v) is 6.81. The van der Waals surface area contributed by atoms with E-state index in [2.05, 4.69) is 16.8 Å². The zero-order valence-corrected chi connectivity index (χ0v) is 19.2. The molecule has 3 heterocycles. The molecule has 9 heteroatoms. The van der Waals surface area contributed by atoms with E-state index in [9.17, 15) is 14.4 Å². The lowest BCUT2D eigenvalue weighted by molar-refractivity contribution is -0.139. The van der Waals surface area contributed by atoms with E-state index in [1.807, 2.05) is 21.7 Å². The molecule has 1 saturated heterocycles. The first-order valence-electron chi connectivity index (χ1n) is 11.2. The van der Waals surface area contributed by atoms with Crippen molar-refractivity contribution in [3.63, 3.8) is 0 Å². The summed E-state index contributed by atoms with van der Waals surface area (Å²) in [5, 5.41) is 6.83. The fraction of sp³-hybridized carbons (Fsp3) is 0.522. The molecule has 0 radical (unpaired) electrons. The maximum Gasteiger partial charge on any atom is 0.338 e. The Labute approximate surface area is 192 Å². The van der Waals surface area contributed by atoms with Crippen molar-refractivity contribution in [1.29, 1.82) is 0 Å². The largest absolute Gasteiger partial charge is 0.463 e. The van der Waals surface area contributed by atoms with Crippen LogP contribution in [0.2, 0.25) is 0 Å². The zero-order valence-electron chi connectivity index (χ0n) is 18.4. The Morgan fingerprint density at radius 3 is 2.62 bits per heavy atom. The highest BCUT2D eigenvalue weighted by Crippen LogP contribution is 2.34. The highest BCUT2D eigenvalue weighted by Gasteiger charge is 2.39. The Morgan fingerprint density at radius 1 is 1.28 bits per heavy atom. The fourth-order valence-corrected chi connectivity index (χ4v) is 4.95. The average Bonchev–Trinajstić information content (AvgIpc) is 3.50. The monoisotopic (exact) mass is 458 g/mol. The van der Waals surface area contributed by atoms with Gasteiger partial charge in [0.2, 0.25) is 5.91 Å². The van der Waals surface area contributed by atoms with Crippen LogP contribution in [0.3, 0.4) is 0 Å². The summed E-state index contributed by atoms with van der Waals surface area (Å²) in [6.07, 6.45) is 3.66. The van der Waals surface area contributed by atoms with Gasteiger partial charge >= 0.3 is 12.0 Å². The predicted molar refractivity (Wildman–Crippen MR) is 122 cm³/mol. The number of piperazine rings is 1. The molecule has 3 amide bonds. The van der Waals surface area contributed by atoms with E-state index in [1.165, 1.54) is 11.3 Å². The number of hydrogen-bond acceptors (Lipinski definition) is 6. The van der Waals surface area contributed by atoms with Gasteiger partial charge in [0.25, 0.3) is 0 Å². The lowest BCUT2D eigenvalue weighted by atomic mass is 9.96. The van der Waals surface area contributed by atoms with E-state index in [-0.39, 0.29) is 24.5 Å². The van der Waals surface area contributed by atoms with Crippen LogP contribution in [0.4, 0.5) is 4.79 Å². The predicted octanol–water partition coefficient (Wildman–Crippen LogP) is 2.37. The number of nitrogens with one attached hydrogen (secondary N) is 1. The van der Waals surface area contributed by atoms with Crippen molar-refractivity contribution in [2.45, 2.75) is 25.8 Å². The Bertz CT molecular complexity index is 901. The molecular formula is C23H30N4O4S. The Morgan fingerprint density at radius 2 is 2.03 bits per heavy atom. The number of urea groups is 1. The first-order chi connectivity index (χ1) is 15.5. The van der Waals surface area contributed by atoms with E-state index in [1.54, 1.807) is 17.9 Å². The number of carbonyl (C=O) groups excluding carboxylic acids is 3. The number of thiophene rings is 1. The average molecular weight is 459 g/mol. The van der Waals surface area contributed by atoms with Crippen LogP contribution in [0, 0.1) is 5.92 Å². The van der Waals surface area contributed by atoms with Crippen LogP contribution in [0.5, 0.6) is 0 Å². The molecule has 0 aromatic carbocycles. The number of rotatable bonds is 8. The second kappa shape index (κ2) is 9.87. The van der Waals surface area contributed by atoms with Crippen molar-refractivity contribution in [2.24, 2.45) is 5.92 Å². The van der Waals surface area contributed by atoms with E-state index in [0.29, 0.717) is 50.5 Å². The molecule has 0 spiro atoms. The topological polar surface area (TPSA) is 82.2 Å². The van der Waals surface area contributed by atoms with Gasteiger partial charge in [-0.05, 0) is 42.2 Å². The third kappa shape index (κ3) is 4.73. The molecule has 1 N–H and O–H groups in total. The smallest absolute Gasteiger partial charge is 0.338 e. The van der Waals surface area contributed by atoms with Gasteiger partial charge in [-0.15, -0.1) is 6.58 Å². The van der Waals surface area contributed by atoms with Crippen LogP contribution in [0.25, 0.3) is 0 Å². The summed E-state index contributed by atoms with van der Waals surface area (Å²) < 4.78 is 5.40. The van der Waals surface area contributed by atoms with Crippen molar-refractivity contribution in [3.8, 4) is 0 Å². The summed E-state index contributed by atoms with van der Waals surface area (Å²) in [7, 11) is 0. The minimum atomic E-state index is -0.554. The van der Waals surface area contributed by atoms with Gasteiger partial charge in [-0.25, -0.2) is 9.59 Å². The SMILES string of the molecule is C=CCN1C(=O)NC(c2ccsc2)C(C(=O)OCC)=C1CN1CCN(C(=O)C2CC2)CC1. The van der Waals surface area contributed by atoms with Gasteiger partial charge in [0.1, 0.15) is 0 Å². The molecule has 1 saturated carbocycles. The Hall–Kier alpha value is -2.65. The van der Waals surface area contributed by atoms with Gasteiger partial charge in [-0.2, -0.15) is 11.3 Å². The minimum Gasteiger partial charge on any atom is -0.463 e. The van der Waals surface area contributed by atoms with E-state index >= 15 is 0 Å². The Balaban J connectivity index is 1.61. The summed E-state index contributed by atoms with van der Waals surface area (Å²) in [4.78, 5) is 44.2. The standard InChI is InChI=1S/C23H30N4O4S/c1-3-8-27-18(14-25-9-11-26(12-10-25)21(28)16-5-6-16)19(22(29)31-4-2)20(24-23(27)30)17-7-13-32-15-17/h3,7,13,15-16,20H,1,4-6,8-12,14H2,2H3,(H,24,30). The highest BCUT2D eigenvalue weighted by molar-refractivity contribution is 7.08. The van der Waals surface area contributed by atoms with Gasteiger partial charge < -0.3 is 15.0 Å². The van der Waals surface area contributed by atoms with Crippen molar-refractivity contribution < 1.29 is 19.1 Å². The molecule has 4 rings (SSSR count). The van der Waals surface area contributed by atoms with E-state index < -0.39 is 12.0 Å². The number of esters is 1. The quantitative estimate of drug-likeness (QED) is 0.478. The second-order valence-electron chi connectivity index (χ2n) is 8.30. The van der Waals surface area contributed by atoms with Gasteiger partial charge in [-0.1, -0.05) is 6.08 Å². The second-order valence-corrected chi connectivity index (χ2v) is 9.08. The lowest BCUT2D eigenvalue weighted by Gasteiger charge is -2.40. The first kappa shape index (κ1) is 22.5. The molecule has 1 aromatic rings. The number of hydrogen-bond donors (Lipinski definition) is 1. The summed E-state index contributed by atoms with van der Waals surface area (Å²) in [6.45, 7) is 9.26. The summed E-state index contributed by atoms with van der Waals surface area (Å²) in [5.41, 5.74) is 1.97. The normalized spacial score (nSPS) is 22.0. The molecule has 3 aliphatic rings. The van der Waals surface area contributed by atoms with Crippen molar-refractivity contribution in [2.75, 3.05) is 45.9 Å². The first-order valence-corrected chi connectivity index (χ1v) is 12.1. The highest BCUT2D eigenvalue weighted by atomic mass is 32.1. The van der Waals surface area contributed by atoms with Gasteiger partial charge in [0.15, 0.2) is 0 Å². The number of carbonyl (C=O) groups is 3. The summed E-state index contributed by atoms with van der Waals surface area (Å²) in [6, 6.07) is 1.10. The summed E-state index contributed by atoms with van der Waals surface area (Å²) in [5.74, 6) is 0.0606. The molecule has 0 bridgehead atoms. The van der Waals surface area contributed by atoms with Gasteiger partial charge in [0.05, 0.1) is 18.2 Å². The molecule has 1 unspecified atom stereocenters. The van der Waals surface area contributed by atoms with Crippen LogP contribution < -0.4 is 5.32 Å². The fourth-order valence-electron chi connectivity index (χ4n) is 4.26. The Kier molecular flexibility index (Phi) is 6.95. The molecule has 1 aromatic heterocycles. The van der Waals surface area contributed by atoms with Crippen LogP contribution in [-0.4, -0.2) is 78.5 Å². The molecule has 32 heavy (non-hydrogen) atoms. The molecule has 1 atom stereocenters. The maximum atomic E-state index is 13.1.